The molecule has 0 unspecified atom stereocenters. The number of ether oxygens (including phenoxy) is 1. The molecular formula is C23H28FN9O3. The van der Waals surface area contributed by atoms with Crippen LogP contribution in [-0.4, -0.2) is 65.2 Å². The molecular weight excluding hydrogens is 469 g/mol. The van der Waals surface area contributed by atoms with Gasteiger partial charge in [-0.2, -0.15) is 14.8 Å². The molecule has 4 N–H and O–H groups in total. The second-order valence-electron chi connectivity index (χ2n) is 8.22. The molecule has 0 saturated heterocycles. The minimum atomic E-state index is -1.33. The SMILES string of the molecule is CCOCCn1cc(-c2ccc(-n3nnc4cnc(NC5CCCC5)nc43)cc2F)cn1.NC(=O)O. The minimum Gasteiger partial charge on any atom is -0.465 e. The summed E-state index contributed by atoms with van der Waals surface area (Å²) in [5.74, 6) is 0.179. The number of carboxylic acid groups (broad SMARTS) is 1. The molecule has 1 aliphatic carbocycles. The molecule has 36 heavy (non-hydrogen) atoms. The number of hydrogen-bond donors (Lipinski definition) is 3. The van der Waals surface area contributed by atoms with Crippen molar-refractivity contribution in [3.05, 3.63) is 42.6 Å². The fraction of sp³-hybridized carbons (Fsp3) is 0.391. The van der Waals surface area contributed by atoms with Crippen molar-refractivity contribution in [2.45, 2.75) is 45.2 Å². The van der Waals surface area contributed by atoms with E-state index in [0.29, 0.717) is 59.7 Å². The zero-order valence-corrected chi connectivity index (χ0v) is 19.8. The standard InChI is InChI=1S/C22H25FN8O.CH3NO2/c1-2-32-10-9-30-14-15(12-25-30)18-8-7-17(11-19(18)23)31-21-20(28-29-31)13-24-22(27-21)26-16-5-3-4-6-16;2-1(3)4/h7-8,11-14,16H,2-6,9-10H2,1H3,(H,24,26,27);2H2,(H,3,4). The fourth-order valence-corrected chi connectivity index (χ4v) is 4.02. The van der Waals surface area contributed by atoms with Gasteiger partial charge in [-0.1, -0.05) is 18.1 Å². The molecule has 5 rings (SSSR count). The molecule has 0 aliphatic heterocycles. The van der Waals surface area contributed by atoms with E-state index >= 15 is 4.39 Å². The van der Waals surface area contributed by atoms with Gasteiger partial charge in [0.25, 0.3) is 0 Å². The molecule has 12 nitrogen and oxygen atoms in total. The zero-order chi connectivity index (χ0) is 25.5. The first-order valence-electron chi connectivity index (χ1n) is 11.7. The summed E-state index contributed by atoms with van der Waals surface area (Å²) in [6.07, 6.45) is 8.46. The molecule has 1 aliphatic rings. The van der Waals surface area contributed by atoms with Gasteiger partial charge in [-0.05, 0) is 31.9 Å². The molecule has 3 heterocycles. The Kier molecular flexibility index (Phi) is 8.00. The number of amides is 1. The van der Waals surface area contributed by atoms with Crippen LogP contribution < -0.4 is 11.1 Å². The lowest BCUT2D eigenvalue weighted by molar-refractivity contribution is 0.136. The Balaban J connectivity index is 0.000000709. The minimum absolute atomic E-state index is 0.367. The van der Waals surface area contributed by atoms with Crippen LogP contribution >= 0.6 is 0 Å². The second kappa shape index (κ2) is 11.5. The molecule has 1 amide bonds. The van der Waals surface area contributed by atoms with E-state index in [0.717, 1.165) is 12.8 Å². The fourth-order valence-electron chi connectivity index (χ4n) is 4.02. The van der Waals surface area contributed by atoms with Gasteiger partial charge in [0.15, 0.2) is 11.2 Å². The summed E-state index contributed by atoms with van der Waals surface area (Å²) < 4.78 is 23.7. The van der Waals surface area contributed by atoms with Crippen LogP contribution in [0.25, 0.3) is 28.0 Å². The Bertz CT molecular complexity index is 1310. The lowest BCUT2D eigenvalue weighted by Crippen LogP contribution is -2.16. The second-order valence-corrected chi connectivity index (χ2v) is 8.22. The van der Waals surface area contributed by atoms with E-state index in [2.05, 4.69) is 36.4 Å². The number of rotatable bonds is 8. The number of benzene rings is 1. The lowest BCUT2D eigenvalue weighted by Gasteiger charge is -2.11. The third kappa shape index (κ3) is 6.10. The van der Waals surface area contributed by atoms with E-state index in [1.165, 1.54) is 23.6 Å². The van der Waals surface area contributed by atoms with Crippen LogP contribution in [0.4, 0.5) is 15.1 Å². The van der Waals surface area contributed by atoms with Crippen molar-refractivity contribution in [3.8, 4) is 16.8 Å². The molecule has 0 atom stereocenters. The molecule has 190 valence electrons. The van der Waals surface area contributed by atoms with E-state index in [1.807, 2.05) is 13.1 Å². The smallest absolute Gasteiger partial charge is 0.402 e. The van der Waals surface area contributed by atoms with Crippen LogP contribution in [0.1, 0.15) is 32.6 Å². The van der Waals surface area contributed by atoms with Gasteiger partial charge in [0.05, 0.1) is 31.2 Å². The van der Waals surface area contributed by atoms with Gasteiger partial charge in [0.1, 0.15) is 5.82 Å². The number of fused-ring (bicyclic) bond motifs is 1. The highest BCUT2D eigenvalue weighted by molar-refractivity contribution is 5.72. The molecule has 0 spiro atoms. The normalized spacial score (nSPS) is 13.5. The number of carbonyl (C=O) groups is 1. The highest BCUT2D eigenvalue weighted by Gasteiger charge is 2.18. The molecule has 13 heteroatoms. The van der Waals surface area contributed by atoms with Gasteiger partial charge >= 0.3 is 6.09 Å². The Labute approximate surface area is 206 Å². The van der Waals surface area contributed by atoms with Crippen molar-refractivity contribution in [2.75, 3.05) is 18.5 Å². The first-order chi connectivity index (χ1) is 17.4. The van der Waals surface area contributed by atoms with Crippen molar-refractivity contribution in [2.24, 2.45) is 5.73 Å². The summed E-state index contributed by atoms with van der Waals surface area (Å²) in [5, 5.41) is 23.2. The lowest BCUT2D eigenvalue weighted by atomic mass is 10.1. The van der Waals surface area contributed by atoms with E-state index in [4.69, 9.17) is 14.6 Å². The van der Waals surface area contributed by atoms with Gasteiger partial charge < -0.3 is 20.9 Å². The predicted octanol–water partition coefficient (Wildman–Crippen LogP) is 3.23. The van der Waals surface area contributed by atoms with Crippen LogP contribution in [-0.2, 0) is 11.3 Å². The number of aromatic nitrogens is 7. The Morgan fingerprint density at radius 2 is 2.08 bits per heavy atom. The molecule has 3 aromatic heterocycles. The van der Waals surface area contributed by atoms with Gasteiger partial charge in [-0.25, -0.2) is 14.2 Å². The summed E-state index contributed by atoms with van der Waals surface area (Å²) in [6.45, 7) is 3.79. The Hall–Kier alpha value is -4.13. The van der Waals surface area contributed by atoms with E-state index in [-0.39, 0.29) is 5.82 Å². The number of nitrogens with two attached hydrogens (primary N) is 1. The zero-order valence-electron chi connectivity index (χ0n) is 19.8. The van der Waals surface area contributed by atoms with Crippen LogP contribution in [0.2, 0.25) is 0 Å². The number of anilines is 1. The maximum atomic E-state index is 15.0. The molecule has 1 fully saturated rings. The number of hydrogen-bond acceptors (Lipinski definition) is 8. The summed E-state index contributed by atoms with van der Waals surface area (Å²) >= 11 is 0. The third-order valence-corrected chi connectivity index (χ3v) is 5.69. The first kappa shape index (κ1) is 25.0. The topological polar surface area (TPSA) is 159 Å². The summed E-state index contributed by atoms with van der Waals surface area (Å²) in [4.78, 5) is 17.7. The highest BCUT2D eigenvalue weighted by atomic mass is 19.1. The number of nitrogens with one attached hydrogen (secondary N) is 1. The quantitative estimate of drug-likeness (QED) is 0.311. The third-order valence-electron chi connectivity index (χ3n) is 5.69. The number of halogens is 1. The maximum Gasteiger partial charge on any atom is 0.402 e. The van der Waals surface area contributed by atoms with E-state index < -0.39 is 6.09 Å². The van der Waals surface area contributed by atoms with Crippen LogP contribution in [0.15, 0.2) is 36.8 Å². The van der Waals surface area contributed by atoms with Crippen molar-refractivity contribution in [3.63, 3.8) is 0 Å². The monoisotopic (exact) mass is 497 g/mol. The first-order valence-corrected chi connectivity index (χ1v) is 11.7. The molecule has 0 bridgehead atoms. The average molecular weight is 498 g/mol. The largest absolute Gasteiger partial charge is 0.465 e. The maximum absolute atomic E-state index is 15.0. The van der Waals surface area contributed by atoms with Gasteiger partial charge in [-0.15, -0.1) is 5.10 Å². The van der Waals surface area contributed by atoms with E-state index in [9.17, 15) is 0 Å². The molecule has 1 aromatic carbocycles. The van der Waals surface area contributed by atoms with Gasteiger partial charge in [0.2, 0.25) is 5.95 Å². The number of primary amides is 1. The summed E-state index contributed by atoms with van der Waals surface area (Å²) in [6, 6.07) is 5.35. The van der Waals surface area contributed by atoms with E-state index in [1.54, 1.807) is 29.2 Å². The predicted molar refractivity (Wildman–Crippen MR) is 130 cm³/mol. The van der Waals surface area contributed by atoms with Crippen molar-refractivity contribution in [1.82, 2.24) is 34.7 Å². The van der Waals surface area contributed by atoms with Crippen LogP contribution in [0, 0.1) is 5.82 Å². The number of nitrogens with zero attached hydrogens (tertiary/aromatic N) is 7. The Morgan fingerprint density at radius 1 is 1.31 bits per heavy atom. The van der Waals surface area contributed by atoms with Gasteiger partial charge in [-0.3, -0.25) is 4.68 Å². The van der Waals surface area contributed by atoms with Crippen molar-refractivity contribution >= 4 is 23.2 Å². The molecule has 1 saturated carbocycles. The highest BCUT2D eigenvalue weighted by Crippen LogP contribution is 2.26. The van der Waals surface area contributed by atoms with Crippen LogP contribution in [0.5, 0.6) is 0 Å². The van der Waals surface area contributed by atoms with Gasteiger partial charge in [0, 0.05) is 36.0 Å². The van der Waals surface area contributed by atoms with Crippen molar-refractivity contribution < 1.29 is 19.0 Å². The Morgan fingerprint density at radius 3 is 2.81 bits per heavy atom. The average Bonchev–Trinajstić information content (AvgIpc) is 3.60. The van der Waals surface area contributed by atoms with Crippen molar-refractivity contribution in [1.29, 1.82) is 0 Å². The summed E-state index contributed by atoms with van der Waals surface area (Å²) in [5.41, 5.74) is 6.85. The summed E-state index contributed by atoms with van der Waals surface area (Å²) in [7, 11) is 0. The van der Waals surface area contributed by atoms with Crippen LogP contribution in [0.3, 0.4) is 0 Å². The molecule has 4 aromatic rings. The molecule has 0 radical (unpaired) electrons.